The third-order valence-electron chi connectivity index (χ3n) is 5.08. The number of hydrogen-bond acceptors (Lipinski definition) is 5. The lowest BCUT2D eigenvalue weighted by Gasteiger charge is -2.11. The number of hydrogen-bond donors (Lipinski definition) is 0. The van der Waals surface area contributed by atoms with Crippen LogP contribution in [0.5, 0.6) is 5.75 Å². The van der Waals surface area contributed by atoms with Crippen LogP contribution in [-0.4, -0.2) is 20.2 Å². The molecule has 0 saturated carbocycles. The number of rotatable bonds is 6. The maximum absolute atomic E-state index is 12.6. The summed E-state index contributed by atoms with van der Waals surface area (Å²) in [4.78, 5) is 0.0789. The Morgan fingerprint density at radius 2 is 1.79 bits per heavy atom. The number of aryl methyl sites for hydroxylation is 1. The summed E-state index contributed by atoms with van der Waals surface area (Å²) in [5, 5.41) is 6.13. The lowest BCUT2D eigenvalue weighted by molar-refractivity contribution is 0.262. The first-order chi connectivity index (χ1) is 14.0. The Hall–Kier alpha value is -2.86. The molecule has 150 valence electrons. The van der Waals surface area contributed by atoms with Crippen molar-refractivity contribution in [2.24, 2.45) is 5.16 Å². The van der Waals surface area contributed by atoms with Crippen LogP contribution in [0.3, 0.4) is 0 Å². The molecule has 3 aromatic rings. The topological polar surface area (TPSA) is 65.0 Å². The minimum atomic E-state index is -4.00. The average molecular weight is 410 g/mol. The zero-order valence-electron chi connectivity index (χ0n) is 16.5. The summed E-state index contributed by atoms with van der Waals surface area (Å²) in [5.74, 6) is 0.735. The van der Waals surface area contributed by atoms with Crippen molar-refractivity contribution in [3.8, 4) is 5.75 Å². The summed E-state index contributed by atoms with van der Waals surface area (Å²) >= 11 is 0. The van der Waals surface area contributed by atoms with Crippen LogP contribution in [0.25, 0.3) is 10.8 Å². The minimum Gasteiger partial charge on any atom is -0.483 e. The van der Waals surface area contributed by atoms with Gasteiger partial charge < -0.3 is 4.74 Å². The van der Waals surface area contributed by atoms with Crippen molar-refractivity contribution in [2.45, 2.75) is 44.1 Å². The number of oxime groups is 1. The highest BCUT2D eigenvalue weighted by Gasteiger charge is 2.33. The summed E-state index contributed by atoms with van der Waals surface area (Å²) in [6.45, 7) is 4.00. The van der Waals surface area contributed by atoms with Crippen LogP contribution in [-0.2, 0) is 14.4 Å². The molecule has 5 nitrogen and oxygen atoms in total. The number of nitrogens with zero attached hydrogens (tertiary/aromatic N) is 1. The maximum atomic E-state index is 12.6. The van der Waals surface area contributed by atoms with Crippen molar-refractivity contribution in [3.05, 3.63) is 71.8 Å². The first-order valence-corrected chi connectivity index (χ1v) is 11.2. The van der Waals surface area contributed by atoms with E-state index < -0.39 is 10.1 Å². The van der Waals surface area contributed by atoms with Gasteiger partial charge in [-0.05, 0) is 43.4 Å². The first kappa shape index (κ1) is 19.5. The van der Waals surface area contributed by atoms with Crippen LogP contribution >= 0.6 is 0 Å². The summed E-state index contributed by atoms with van der Waals surface area (Å²) in [7, 11) is -4.00. The zero-order chi connectivity index (χ0) is 20.4. The molecule has 0 aliphatic carbocycles. The fraction of sp³-hybridized carbons (Fsp3) is 0.261. The Labute approximate surface area is 171 Å². The third kappa shape index (κ3) is 3.85. The van der Waals surface area contributed by atoms with E-state index in [-0.39, 0.29) is 11.0 Å². The van der Waals surface area contributed by atoms with E-state index in [9.17, 15) is 8.42 Å². The molecule has 1 aliphatic heterocycles. The van der Waals surface area contributed by atoms with Crippen LogP contribution < -0.4 is 4.74 Å². The minimum absolute atomic E-state index is 0.0789. The number of ether oxygens (including phenoxy) is 1. The SMILES string of the molecule is CCCCC1Oc2c(ccc3ccccc23)C1=NOS(=O)(=O)c1ccc(C)cc1. The van der Waals surface area contributed by atoms with Gasteiger partial charge in [0, 0.05) is 10.9 Å². The zero-order valence-corrected chi connectivity index (χ0v) is 17.3. The summed E-state index contributed by atoms with van der Waals surface area (Å²) in [5.41, 5.74) is 2.28. The summed E-state index contributed by atoms with van der Waals surface area (Å²) in [6.07, 6.45) is 2.36. The molecule has 1 atom stereocenters. The molecule has 0 bridgehead atoms. The van der Waals surface area contributed by atoms with Gasteiger partial charge in [-0.1, -0.05) is 66.5 Å². The van der Waals surface area contributed by atoms with Gasteiger partial charge in [-0.2, -0.15) is 8.42 Å². The van der Waals surface area contributed by atoms with Crippen molar-refractivity contribution in [1.29, 1.82) is 0 Å². The van der Waals surface area contributed by atoms with E-state index in [1.807, 2.05) is 43.3 Å². The van der Waals surface area contributed by atoms with Gasteiger partial charge in [0.1, 0.15) is 22.5 Å². The van der Waals surface area contributed by atoms with E-state index in [1.165, 1.54) is 12.1 Å². The Morgan fingerprint density at radius 3 is 2.55 bits per heavy atom. The largest absolute Gasteiger partial charge is 0.483 e. The molecule has 29 heavy (non-hydrogen) atoms. The molecule has 0 aromatic heterocycles. The monoisotopic (exact) mass is 409 g/mol. The second-order valence-corrected chi connectivity index (χ2v) is 8.76. The van der Waals surface area contributed by atoms with E-state index >= 15 is 0 Å². The van der Waals surface area contributed by atoms with Crippen LogP contribution in [0.2, 0.25) is 0 Å². The Kier molecular flexibility index (Phi) is 5.28. The van der Waals surface area contributed by atoms with Crippen molar-refractivity contribution in [3.63, 3.8) is 0 Å². The molecule has 0 fully saturated rings. The first-order valence-electron chi connectivity index (χ1n) is 9.76. The Bertz CT molecular complexity index is 1170. The maximum Gasteiger partial charge on any atom is 0.358 e. The van der Waals surface area contributed by atoms with Crippen LogP contribution in [0, 0.1) is 6.92 Å². The summed E-state index contributed by atoms with van der Waals surface area (Å²) < 4.78 is 36.5. The Morgan fingerprint density at radius 1 is 1.03 bits per heavy atom. The standard InChI is InChI=1S/C23H23NO4S/c1-3-4-9-21-22(24-28-29(25,26)18-13-10-16(2)11-14-18)20-15-12-17-7-5-6-8-19(17)23(20)27-21/h5-8,10-15,21H,3-4,9H2,1-2H3. The molecular weight excluding hydrogens is 386 g/mol. The van der Waals surface area contributed by atoms with Gasteiger partial charge in [-0.15, -0.1) is 0 Å². The van der Waals surface area contributed by atoms with E-state index in [1.54, 1.807) is 12.1 Å². The second kappa shape index (κ2) is 7.87. The lowest BCUT2D eigenvalue weighted by Crippen LogP contribution is -2.22. The van der Waals surface area contributed by atoms with Gasteiger partial charge in [-0.3, -0.25) is 4.28 Å². The predicted octanol–water partition coefficient (Wildman–Crippen LogP) is 5.21. The quantitative estimate of drug-likeness (QED) is 0.524. The smallest absolute Gasteiger partial charge is 0.358 e. The van der Waals surface area contributed by atoms with Crippen LogP contribution in [0.15, 0.2) is 70.7 Å². The van der Waals surface area contributed by atoms with Gasteiger partial charge in [0.2, 0.25) is 0 Å². The molecule has 0 amide bonds. The van der Waals surface area contributed by atoms with Crippen molar-refractivity contribution in [1.82, 2.24) is 0 Å². The number of benzene rings is 3. The van der Waals surface area contributed by atoms with E-state index in [0.717, 1.165) is 46.9 Å². The molecule has 0 radical (unpaired) electrons. The fourth-order valence-electron chi connectivity index (χ4n) is 3.47. The van der Waals surface area contributed by atoms with Gasteiger partial charge >= 0.3 is 10.1 Å². The molecular formula is C23H23NO4S. The highest BCUT2D eigenvalue weighted by Crippen LogP contribution is 2.38. The molecule has 4 rings (SSSR count). The van der Waals surface area contributed by atoms with Crippen molar-refractivity contribution in [2.75, 3.05) is 0 Å². The molecule has 0 spiro atoms. The average Bonchev–Trinajstić information content (AvgIpc) is 3.09. The number of fused-ring (bicyclic) bond motifs is 3. The van der Waals surface area contributed by atoms with Gasteiger partial charge in [0.05, 0.1) is 0 Å². The van der Waals surface area contributed by atoms with Crippen LogP contribution in [0.1, 0.15) is 37.3 Å². The van der Waals surface area contributed by atoms with E-state index in [2.05, 4.69) is 12.1 Å². The summed E-state index contributed by atoms with van der Waals surface area (Å²) in [6, 6.07) is 18.4. The highest BCUT2D eigenvalue weighted by molar-refractivity contribution is 7.86. The molecule has 0 saturated heterocycles. The van der Waals surface area contributed by atoms with Crippen LogP contribution in [0.4, 0.5) is 0 Å². The third-order valence-corrected chi connectivity index (χ3v) is 6.20. The van der Waals surface area contributed by atoms with E-state index in [4.69, 9.17) is 9.02 Å². The highest BCUT2D eigenvalue weighted by atomic mass is 32.2. The van der Waals surface area contributed by atoms with Gasteiger partial charge in [0.15, 0.2) is 0 Å². The Balaban J connectivity index is 1.72. The van der Waals surface area contributed by atoms with Crippen molar-refractivity contribution >= 4 is 26.6 Å². The predicted molar refractivity (Wildman–Crippen MR) is 114 cm³/mol. The molecule has 6 heteroatoms. The fourth-order valence-corrected chi connectivity index (χ4v) is 4.21. The van der Waals surface area contributed by atoms with Crippen molar-refractivity contribution < 1.29 is 17.4 Å². The molecule has 3 aromatic carbocycles. The van der Waals surface area contributed by atoms with Gasteiger partial charge in [0.25, 0.3) is 0 Å². The normalized spacial score (nSPS) is 17.3. The second-order valence-electron chi connectivity index (χ2n) is 7.23. The molecule has 0 N–H and O–H groups in total. The number of unbranched alkanes of at least 4 members (excludes halogenated alkanes) is 1. The van der Waals surface area contributed by atoms with Gasteiger partial charge in [-0.25, -0.2) is 0 Å². The molecule has 1 heterocycles. The molecule has 1 unspecified atom stereocenters. The lowest BCUT2D eigenvalue weighted by atomic mass is 10.0. The van der Waals surface area contributed by atoms with E-state index in [0.29, 0.717) is 5.71 Å². The molecule has 1 aliphatic rings.